The van der Waals surface area contributed by atoms with E-state index in [0.717, 1.165) is 23.0 Å². The SMILES string of the molecule is O=C1NCCc2[nH]c3cc(Cl)cc(Cl)c3c21. The van der Waals surface area contributed by atoms with Crippen LogP contribution >= 0.6 is 23.2 Å². The Labute approximate surface area is 102 Å². The fourth-order valence-electron chi connectivity index (χ4n) is 2.13. The molecule has 0 bridgehead atoms. The van der Waals surface area contributed by atoms with Crippen LogP contribution in [0.1, 0.15) is 16.1 Å². The third-order valence-corrected chi connectivity index (χ3v) is 3.30. The minimum absolute atomic E-state index is 0.0725. The highest BCUT2D eigenvalue weighted by atomic mass is 35.5. The number of carbonyl (C=O) groups is 1. The summed E-state index contributed by atoms with van der Waals surface area (Å²) in [6.45, 7) is 0.657. The number of carbonyl (C=O) groups excluding carboxylic acids is 1. The van der Waals surface area contributed by atoms with Crippen molar-refractivity contribution in [2.75, 3.05) is 6.54 Å². The zero-order valence-corrected chi connectivity index (χ0v) is 9.74. The lowest BCUT2D eigenvalue weighted by molar-refractivity contribution is 0.0947. The number of rotatable bonds is 0. The Kier molecular flexibility index (Phi) is 2.13. The molecule has 16 heavy (non-hydrogen) atoms. The van der Waals surface area contributed by atoms with Gasteiger partial charge in [-0.3, -0.25) is 4.79 Å². The number of aromatic nitrogens is 1. The molecule has 0 radical (unpaired) electrons. The van der Waals surface area contributed by atoms with Crippen molar-refractivity contribution in [3.63, 3.8) is 0 Å². The molecule has 0 aliphatic carbocycles. The van der Waals surface area contributed by atoms with Crippen molar-refractivity contribution in [1.29, 1.82) is 0 Å². The molecule has 1 aliphatic rings. The number of hydrogen-bond donors (Lipinski definition) is 2. The molecule has 5 heteroatoms. The first-order valence-corrected chi connectivity index (χ1v) is 5.70. The number of nitrogens with one attached hydrogen (secondary N) is 2. The Morgan fingerprint density at radius 2 is 2.06 bits per heavy atom. The van der Waals surface area contributed by atoms with Crippen LogP contribution in [0.2, 0.25) is 10.0 Å². The minimum Gasteiger partial charge on any atom is -0.358 e. The zero-order chi connectivity index (χ0) is 11.3. The topological polar surface area (TPSA) is 44.9 Å². The van der Waals surface area contributed by atoms with Crippen molar-refractivity contribution in [3.05, 3.63) is 33.4 Å². The number of amides is 1. The lowest BCUT2D eigenvalue weighted by Crippen LogP contribution is -2.31. The Bertz CT molecular complexity index is 604. The first kappa shape index (κ1) is 10.00. The summed E-state index contributed by atoms with van der Waals surface area (Å²) >= 11 is 12.0. The molecule has 82 valence electrons. The van der Waals surface area contributed by atoms with Crippen LogP contribution in [0.3, 0.4) is 0 Å². The number of H-pyrrole nitrogens is 1. The number of fused-ring (bicyclic) bond motifs is 3. The van der Waals surface area contributed by atoms with Crippen LogP contribution in [-0.4, -0.2) is 17.4 Å². The quantitative estimate of drug-likeness (QED) is 0.746. The van der Waals surface area contributed by atoms with Gasteiger partial charge < -0.3 is 10.3 Å². The van der Waals surface area contributed by atoms with Crippen LogP contribution in [0.15, 0.2) is 12.1 Å². The van der Waals surface area contributed by atoms with Gasteiger partial charge in [0.15, 0.2) is 0 Å². The maximum atomic E-state index is 11.8. The molecule has 1 aromatic carbocycles. The predicted molar refractivity (Wildman–Crippen MR) is 64.4 cm³/mol. The van der Waals surface area contributed by atoms with Gasteiger partial charge in [-0.2, -0.15) is 0 Å². The monoisotopic (exact) mass is 254 g/mol. The van der Waals surface area contributed by atoms with Gasteiger partial charge in [0.1, 0.15) is 0 Å². The summed E-state index contributed by atoms with van der Waals surface area (Å²) in [5.74, 6) is -0.0725. The lowest BCUT2D eigenvalue weighted by Gasteiger charge is -2.12. The molecule has 1 aromatic heterocycles. The Balaban J connectivity index is 2.42. The third kappa shape index (κ3) is 1.32. The van der Waals surface area contributed by atoms with Crippen molar-refractivity contribution in [2.24, 2.45) is 0 Å². The van der Waals surface area contributed by atoms with Crippen molar-refractivity contribution in [1.82, 2.24) is 10.3 Å². The molecule has 0 unspecified atom stereocenters. The van der Waals surface area contributed by atoms with Gasteiger partial charge in [-0.1, -0.05) is 23.2 Å². The average molecular weight is 255 g/mol. The molecule has 2 N–H and O–H groups in total. The van der Waals surface area contributed by atoms with E-state index < -0.39 is 0 Å². The molecule has 0 atom stereocenters. The van der Waals surface area contributed by atoms with E-state index >= 15 is 0 Å². The van der Waals surface area contributed by atoms with Gasteiger partial charge in [0.2, 0.25) is 0 Å². The minimum atomic E-state index is -0.0725. The fourth-order valence-corrected chi connectivity index (χ4v) is 2.72. The summed E-state index contributed by atoms with van der Waals surface area (Å²) in [6, 6.07) is 3.44. The van der Waals surface area contributed by atoms with E-state index in [2.05, 4.69) is 10.3 Å². The molecule has 0 fully saturated rings. The molecule has 0 saturated carbocycles. The summed E-state index contributed by atoms with van der Waals surface area (Å²) in [4.78, 5) is 15.0. The fraction of sp³-hybridized carbons (Fsp3) is 0.182. The Hall–Kier alpha value is -1.19. The van der Waals surface area contributed by atoms with E-state index in [4.69, 9.17) is 23.2 Å². The molecule has 3 rings (SSSR count). The number of aromatic amines is 1. The molecule has 2 heterocycles. The zero-order valence-electron chi connectivity index (χ0n) is 8.23. The van der Waals surface area contributed by atoms with Gasteiger partial charge in [0, 0.05) is 34.6 Å². The van der Waals surface area contributed by atoms with E-state index in [9.17, 15) is 4.79 Å². The highest BCUT2D eigenvalue weighted by Crippen LogP contribution is 2.33. The first-order valence-electron chi connectivity index (χ1n) is 4.94. The van der Waals surface area contributed by atoms with Gasteiger partial charge in [-0.05, 0) is 12.1 Å². The third-order valence-electron chi connectivity index (χ3n) is 2.78. The summed E-state index contributed by atoms with van der Waals surface area (Å²) in [7, 11) is 0. The molecule has 0 spiro atoms. The highest BCUT2D eigenvalue weighted by Gasteiger charge is 2.23. The van der Waals surface area contributed by atoms with Gasteiger partial charge in [0.25, 0.3) is 5.91 Å². The molecular weight excluding hydrogens is 247 g/mol. The van der Waals surface area contributed by atoms with Crippen LogP contribution in [0.5, 0.6) is 0 Å². The average Bonchev–Trinajstić information content (AvgIpc) is 2.56. The number of benzene rings is 1. The molecular formula is C11H8Cl2N2O. The maximum Gasteiger partial charge on any atom is 0.253 e. The molecule has 1 amide bonds. The smallest absolute Gasteiger partial charge is 0.253 e. The summed E-state index contributed by atoms with van der Waals surface area (Å²) in [5, 5.41) is 4.65. The molecule has 1 aliphatic heterocycles. The number of hydrogen-bond acceptors (Lipinski definition) is 1. The Morgan fingerprint density at radius 1 is 1.25 bits per heavy atom. The lowest BCUT2D eigenvalue weighted by atomic mass is 10.1. The largest absolute Gasteiger partial charge is 0.358 e. The van der Waals surface area contributed by atoms with E-state index in [1.54, 1.807) is 12.1 Å². The normalized spacial score (nSPS) is 15.0. The van der Waals surface area contributed by atoms with Crippen molar-refractivity contribution in [2.45, 2.75) is 6.42 Å². The first-order chi connectivity index (χ1) is 7.66. The van der Waals surface area contributed by atoms with Crippen molar-refractivity contribution >= 4 is 40.0 Å². The predicted octanol–water partition coefficient (Wildman–Crippen LogP) is 2.76. The van der Waals surface area contributed by atoms with Gasteiger partial charge in [-0.15, -0.1) is 0 Å². The maximum absolute atomic E-state index is 11.8. The van der Waals surface area contributed by atoms with Crippen LogP contribution in [0, 0.1) is 0 Å². The van der Waals surface area contributed by atoms with Crippen molar-refractivity contribution in [3.8, 4) is 0 Å². The van der Waals surface area contributed by atoms with Crippen LogP contribution in [-0.2, 0) is 6.42 Å². The van der Waals surface area contributed by atoms with E-state index in [1.807, 2.05) is 0 Å². The van der Waals surface area contributed by atoms with Gasteiger partial charge in [-0.25, -0.2) is 0 Å². The second kappa shape index (κ2) is 3.40. The van der Waals surface area contributed by atoms with Crippen molar-refractivity contribution < 1.29 is 4.79 Å². The highest BCUT2D eigenvalue weighted by molar-refractivity contribution is 6.39. The van der Waals surface area contributed by atoms with E-state index in [0.29, 0.717) is 22.2 Å². The van der Waals surface area contributed by atoms with Gasteiger partial charge >= 0.3 is 0 Å². The van der Waals surface area contributed by atoms with Gasteiger partial charge in [0.05, 0.1) is 10.6 Å². The second-order valence-electron chi connectivity index (χ2n) is 3.79. The standard InChI is InChI=1S/C11H8Cl2N2O/c12-5-3-6(13)9-8(4-5)15-7-1-2-14-11(16)10(7)9/h3-4,15H,1-2H2,(H,14,16). The summed E-state index contributed by atoms with van der Waals surface area (Å²) in [5.41, 5.74) is 2.41. The second-order valence-corrected chi connectivity index (χ2v) is 4.64. The van der Waals surface area contributed by atoms with Crippen LogP contribution in [0.4, 0.5) is 0 Å². The Morgan fingerprint density at radius 3 is 2.88 bits per heavy atom. The van der Waals surface area contributed by atoms with Crippen LogP contribution < -0.4 is 5.32 Å². The molecule has 3 nitrogen and oxygen atoms in total. The number of halogens is 2. The molecule has 2 aromatic rings. The summed E-state index contributed by atoms with van der Waals surface area (Å²) < 4.78 is 0. The van der Waals surface area contributed by atoms with Crippen LogP contribution in [0.25, 0.3) is 10.9 Å². The summed E-state index contributed by atoms with van der Waals surface area (Å²) in [6.07, 6.45) is 0.795. The van der Waals surface area contributed by atoms with E-state index in [-0.39, 0.29) is 5.91 Å². The molecule has 0 saturated heterocycles. The van der Waals surface area contributed by atoms with E-state index in [1.165, 1.54) is 0 Å².